The minimum atomic E-state index is 0.540. The van der Waals surface area contributed by atoms with Gasteiger partial charge in [0.2, 0.25) is 5.88 Å². The van der Waals surface area contributed by atoms with Gasteiger partial charge in [0.25, 0.3) is 0 Å². The van der Waals surface area contributed by atoms with Crippen LogP contribution in [0.3, 0.4) is 0 Å². The van der Waals surface area contributed by atoms with E-state index in [2.05, 4.69) is 9.88 Å². The Morgan fingerprint density at radius 1 is 1.30 bits per heavy atom. The van der Waals surface area contributed by atoms with Crippen LogP contribution in [0.2, 0.25) is 0 Å². The first kappa shape index (κ1) is 13.8. The van der Waals surface area contributed by atoms with Crippen LogP contribution in [0.4, 0.5) is 0 Å². The fourth-order valence-electron chi connectivity index (χ4n) is 2.93. The second kappa shape index (κ2) is 6.10. The molecule has 0 bridgehead atoms. The summed E-state index contributed by atoms with van der Waals surface area (Å²) in [6.07, 6.45) is 5.51. The first-order chi connectivity index (χ1) is 9.76. The summed E-state index contributed by atoms with van der Waals surface area (Å²) in [5.74, 6) is 0.736. The molecule has 2 aliphatic rings. The van der Waals surface area contributed by atoms with Gasteiger partial charge in [-0.3, -0.25) is 0 Å². The Bertz CT molecular complexity index is 419. The molecule has 0 aliphatic carbocycles. The number of aryl methyl sites for hydroxylation is 1. The van der Waals surface area contributed by atoms with Crippen molar-refractivity contribution in [2.75, 3.05) is 39.5 Å². The SMILES string of the molecule is Cc1ccc(OCCCN2CCC3(CC2)COC3)nc1. The smallest absolute Gasteiger partial charge is 0.213 e. The molecule has 2 aliphatic heterocycles. The Morgan fingerprint density at radius 2 is 2.10 bits per heavy atom. The number of hydrogen-bond acceptors (Lipinski definition) is 4. The lowest BCUT2D eigenvalue weighted by Crippen LogP contribution is -2.51. The van der Waals surface area contributed by atoms with Gasteiger partial charge in [-0.05, 0) is 44.8 Å². The molecule has 0 aromatic carbocycles. The molecule has 0 N–H and O–H groups in total. The number of aromatic nitrogens is 1. The summed E-state index contributed by atoms with van der Waals surface area (Å²) in [5, 5.41) is 0. The van der Waals surface area contributed by atoms with Crippen LogP contribution in [0.15, 0.2) is 18.3 Å². The average molecular weight is 276 g/mol. The number of piperidine rings is 1. The van der Waals surface area contributed by atoms with E-state index in [1.165, 1.54) is 31.5 Å². The van der Waals surface area contributed by atoms with Crippen LogP contribution in [0.5, 0.6) is 5.88 Å². The summed E-state index contributed by atoms with van der Waals surface area (Å²) >= 11 is 0. The highest BCUT2D eigenvalue weighted by molar-refractivity contribution is 5.16. The molecular formula is C16H24N2O2. The van der Waals surface area contributed by atoms with Crippen molar-refractivity contribution in [2.24, 2.45) is 5.41 Å². The van der Waals surface area contributed by atoms with E-state index in [0.29, 0.717) is 5.41 Å². The summed E-state index contributed by atoms with van der Waals surface area (Å²) in [7, 11) is 0. The van der Waals surface area contributed by atoms with E-state index in [1.54, 1.807) is 0 Å². The second-order valence-corrected chi connectivity index (χ2v) is 6.21. The molecule has 2 saturated heterocycles. The molecule has 0 unspecified atom stereocenters. The Labute approximate surface area is 121 Å². The lowest BCUT2D eigenvalue weighted by Gasteiger charge is -2.47. The summed E-state index contributed by atoms with van der Waals surface area (Å²) in [5.41, 5.74) is 1.71. The second-order valence-electron chi connectivity index (χ2n) is 6.21. The summed E-state index contributed by atoms with van der Waals surface area (Å²) < 4.78 is 11.0. The number of likely N-dealkylation sites (tertiary alicyclic amines) is 1. The zero-order valence-corrected chi connectivity index (χ0v) is 12.3. The molecule has 20 heavy (non-hydrogen) atoms. The molecule has 1 aromatic heterocycles. The number of pyridine rings is 1. The molecule has 2 fully saturated rings. The molecular weight excluding hydrogens is 252 g/mol. The third kappa shape index (κ3) is 3.30. The summed E-state index contributed by atoms with van der Waals surface area (Å²) in [4.78, 5) is 6.80. The minimum absolute atomic E-state index is 0.540. The van der Waals surface area contributed by atoms with Gasteiger partial charge in [0.15, 0.2) is 0 Å². The Kier molecular flexibility index (Phi) is 4.22. The van der Waals surface area contributed by atoms with Gasteiger partial charge in [-0.2, -0.15) is 0 Å². The molecule has 0 radical (unpaired) electrons. The van der Waals surface area contributed by atoms with E-state index in [9.17, 15) is 0 Å². The van der Waals surface area contributed by atoms with Crippen molar-refractivity contribution in [3.05, 3.63) is 23.9 Å². The summed E-state index contributed by atoms with van der Waals surface area (Å²) in [6.45, 7) is 8.32. The van der Waals surface area contributed by atoms with Crippen LogP contribution in [0.1, 0.15) is 24.8 Å². The standard InChI is InChI=1S/C16H24N2O2/c1-14-3-4-15(17-11-14)20-10-2-7-18-8-5-16(6-9-18)12-19-13-16/h3-4,11H,2,5-10,12-13H2,1H3. The van der Waals surface area contributed by atoms with Gasteiger partial charge in [0.05, 0.1) is 19.8 Å². The van der Waals surface area contributed by atoms with Gasteiger partial charge < -0.3 is 14.4 Å². The number of rotatable bonds is 5. The third-order valence-electron chi connectivity index (χ3n) is 4.49. The molecule has 4 nitrogen and oxygen atoms in total. The zero-order valence-electron chi connectivity index (χ0n) is 12.3. The van der Waals surface area contributed by atoms with Crippen LogP contribution in [-0.2, 0) is 4.74 Å². The fourth-order valence-corrected chi connectivity index (χ4v) is 2.93. The quantitative estimate of drug-likeness (QED) is 0.773. The largest absolute Gasteiger partial charge is 0.478 e. The van der Waals surface area contributed by atoms with E-state index < -0.39 is 0 Å². The lowest BCUT2D eigenvalue weighted by atomic mass is 9.77. The van der Waals surface area contributed by atoms with Crippen molar-refractivity contribution in [2.45, 2.75) is 26.2 Å². The highest BCUT2D eigenvalue weighted by atomic mass is 16.5. The third-order valence-corrected chi connectivity index (χ3v) is 4.49. The number of hydrogen-bond donors (Lipinski definition) is 0. The van der Waals surface area contributed by atoms with Crippen molar-refractivity contribution >= 4 is 0 Å². The van der Waals surface area contributed by atoms with Crippen molar-refractivity contribution in [1.29, 1.82) is 0 Å². The Morgan fingerprint density at radius 3 is 2.70 bits per heavy atom. The summed E-state index contributed by atoms with van der Waals surface area (Å²) in [6, 6.07) is 3.98. The van der Waals surface area contributed by atoms with Crippen LogP contribution < -0.4 is 4.74 Å². The maximum absolute atomic E-state index is 5.67. The van der Waals surface area contributed by atoms with Gasteiger partial charge in [0.1, 0.15) is 0 Å². The van der Waals surface area contributed by atoms with Gasteiger partial charge >= 0.3 is 0 Å². The lowest BCUT2D eigenvalue weighted by molar-refractivity contribution is -0.139. The van der Waals surface area contributed by atoms with Gasteiger partial charge in [-0.15, -0.1) is 0 Å². The van der Waals surface area contributed by atoms with Crippen LogP contribution in [0, 0.1) is 12.3 Å². The van der Waals surface area contributed by atoms with Crippen LogP contribution >= 0.6 is 0 Å². The maximum Gasteiger partial charge on any atom is 0.213 e. The minimum Gasteiger partial charge on any atom is -0.478 e. The Balaban J connectivity index is 1.31. The first-order valence-corrected chi connectivity index (χ1v) is 7.61. The molecule has 4 heteroatoms. The highest BCUT2D eigenvalue weighted by Crippen LogP contribution is 2.38. The van der Waals surface area contributed by atoms with Crippen LogP contribution in [-0.4, -0.2) is 49.3 Å². The molecule has 0 amide bonds. The van der Waals surface area contributed by atoms with Crippen LogP contribution in [0.25, 0.3) is 0 Å². The van der Waals surface area contributed by atoms with E-state index in [0.717, 1.165) is 38.7 Å². The average Bonchev–Trinajstić information content (AvgIpc) is 2.44. The topological polar surface area (TPSA) is 34.6 Å². The number of nitrogens with zero attached hydrogens (tertiary/aromatic N) is 2. The van der Waals surface area contributed by atoms with Crippen molar-refractivity contribution < 1.29 is 9.47 Å². The molecule has 0 atom stereocenters. The molecule has 1 spiro atoms. The van der Waals surface area contributed by atoms with Gasteiger partial charge in [-0.25, -0.2) is 4.98 Å². The predicted octanol–water partition coefficient (Wildman–Crippen LogP) is 2.27. The van der Waals surface area contributed by atoms with E-state index in [-0.39, 0.29) is 0 Å². The van der Waals surface area contributed by atoms with Gasteiger partial charge in [0, 0.05) is 24.2 Å². The normalized spacial score (nSPS) is 21.6. The monoisotopic (exact) mass is 276 g/mol. The zero-order chi connectivity index (χ0) is 13.8. The molecule has 3 rings (SSSR count). The first-order valence-electron chi connectivity index (χ1n) is 7.61. The predicted molar refractivity (Wildman–Crippen MR) is 78.0 cm³/mol. The molecule has 1 aromatic rings. The van der Waals surface area contributed by atoms with Crippen molar-refractivity contribution in [1.82, 2.24) is 9.88 Å². The van der Waals surface area contributed by atoms with E-state index >= 15 is 0 Å². The van der Waals surface area contributed by atoms with Crippen molar-refractivity contribution in [3.63, 3.8) is 0 Å². The molecule has 110 valence electrons. The fraction of sp³-hybridized carbons (Fsp3) is 0.688. The number of ether oxygens (including phenoxy) is 2. The van der Waals surface area contributed by atoms with Crippen molar-refractivity contribution in [3.8, 4) is 5.88 Å². The van der Waals surface area contributed by atoms with Gasteiger partial charge in [-0.1, -0.05) is 6.07 Å². The highest BCUT2D eigenvalue weighted by Gasteiger charge is 2.40. The Hall–Kier alpha value is -1.13. The maximum atomic E-state index is 5.67. The van der Waals surface area contributed by atoms with E-state index in [4.69, 9.17) is 9.47 Å². The molecule has 0 saturated carbocycles. The molecule has 3 heterocycles. The van der Waals surface area contributed by atoms with E-state index in [1.807, 2.05) is 25.3 Å².